The highest BCUT2D eigenvalue weighted by atomic mass is 16.5. The maximum Gasteiger partial charge on any atom is 0.0882 e. The van der Waals surface area contributed by atoms with Crippen LogP contribution in [0, 0.1) is 0 Å². The van der Waals surface area contributed by atoms with Gasteiger partial charge in [0.15, 0.2) is 0 Å². The first-order valence-corrected chi connectivity index (χ1v) is 6.85. The largest absolute Gasteiger partial charge is 0.390 e. The van der Waals surface area contributed by atoms with Gasteiger partial charge in [-0.3, -0.25) is 9.58 Å². The van der Waals surface area contributed by atoms with E-state index in [1.54, 1.807) is 0 Å². The van der Waals surface area contributed by atoms with Crippen molar-refractivity contribution in [2.45, 2.75) is 45.0 Å². The molecule has 0 unspecified atom stereocenters. The Kier molecular flexibility index (Phi) is 3.63. The number of ether oxygens (including phenoxy) is 1. The van der Waals surface area contributed by atoms with Gasteiger partial charge in [0.05, 0.1) is 18.0 Å². The van der Waals surface area contributed by atoms with Crippen LogP contribution < -0.4 is 0 Å². The Balaban J connectivity index is 1.74. The van der Waals surface area contributed by atoms with Crippen LogP contribution in [0.25, 0.3) is 0 Å². The molecule has 2 aliphatic rings. The summed E-state index contributed by atoms with van der Waals surface area (Å²) in [6.45, 7) is 4.89. The Morgan fingerprint density at radius 3 is 2.94 bits per heavy atom. The minimum Gasteiger partial charge on any atom is -0.390 e. The zero-order valence-electron chi connectivity index (χ0n) is 10.7. The zero-order valence-corrected chi connectivity index (χ0v) is 10.7. The highest BCUT2D eigenvalue weighted by molar-refractivity contribution is 5.10. The molecule has 2 aliphatic heterocycles. The van der Waals surface area contributed by atoms with Crippen molar-refractivity contribution in [3.63, 3.8) is 0 Å². The van der Waals surface area contributed by atoms with Crippen molar-refractivity contribution in [1.29, 1.82) is 0 Å². The third kappa shape index (κ3) is 2.43. The molecule has 5 nitrogen and oxygen atoms in total. The maximum absolute atomic E-state index is 9.17. The van der Waals surface area contributed by atoms with Crippen LogP contribution in [0.15, 0.2) is 6.07 Å². The summed E-state index contributed by atoms with van der Waals surface area (Å²) in [5.74, 6) is 0. The number of hydrogen-bond donors (Lipinski definition) is 1. The highest BCUT2D eigenvalue weighted by Crippen LogP contribution is 2.21. The SMILES string of the molecule is OCc1cc2n(n1)CCCN(C1CCOCC1)C2. The van der Waals surface area contributed by atoms with Gasteiger partial charge in [-0.05, 0) is 25.3 Å². The molecule has 0 bridgehead atoms. The Morgan fingerprint density at radius 2 is 2.17 bits per heavy atom. The minimum absolute atomic E-state index is 0.0390. The molecule has 1 fully saturated rings. The van der Waals surface area contributed by atoms with Crippen LogP contribution in [0.2, 0.25) is 0 Å². The number of nitrogens with zero attached hydrogens (tertiary/aromatic N) is 3. The average Bonchev–Trinajstić information content (AvgIpc) is 2.71. The van der Waals surface area contributed by atoms with Gasteiger partial charge in [0.25, 0.3) is 0 Å². The van der Waals surface area contributed by atoms with E-state index in [2.05, 4.69) is 14.7 Å². The number of aryl methyl sites for hydroxylation is 1. The van der Waals surface area contributed by atoms with Crippen molar-refractivity contribution in [3.8, 4) is 0 Å². The zero-order chi connectivity index (χ0) is 12.4. The summed E-state index contributed by atoms with van der Waals surface area (Å²) in [4.78, 5) is 2.56. The molecule has 0 saturated carbocycles. The van der Waals surface area contributed by atoms with E-state index in [-0.39, 0.29) is 6.61 Å². The van der Waals surface area contributed by atoms with Crippen molar-refractivity contribution >= 4 is 0 Å². The lowest BCUT2D eigenvalue weighted by molar-refractivity contribution is 0.0315. The molecule has 3 heterocycles. The molecule has 0 amide bonds. The van der Waals surface area contributed by atoms with Gasteiger partial charge in [-0.25, -0.2) is 0 Å². The third-order valence-corrected chi connectivity index (χ3v) is 3.96. The smallest absolute Gasteiger partial charge is 0.0882 e. The van der Waals surface area contributed by atoms with Crippen molar-refractivity contribution in [2.75, 3.05) is 19.8 Å². The van der Waals surface area contributed by atoms with Crippen LogP contribution in [-0.2, 0) is 24.4 Å². The van der Waals surface area contributed by atoms with Crippen LogP contribution in [0.3, 0.4) is 0 Å². The van der Waals surface area contributed by atoms with Crippen LogP contribution in [0.4, 0.5) is 0 Å². The third-order valence-electron chi connectivity index (χ3n) is 3.96. The van der Waals surface area contributed by atoms with E-state index in [1.165, 1.54) is 5.69 Å². The first-order chi connectivity index (χ1) is 8.86. The molecule has 1 N–H and O–H groups in total. The van der Waals surface area contributed by atoms with Gasteiger partial charge in [-0.2, -0.15) is 5.10 Å². The van der Waals surface area contributed by atoms with E-state index in [0.717, 1.165) is 57.8 Å². The maximum atomic E-state index is 9.17. The van der Waals surface area contributed by atoms with E-state index in [9.17, 15) is 0 Å². The lowest BCUT2D eigenvalue weighted by atomic mass is 10.1. The second-order valence-corrected chi connectivity index (χ2v) is 5.18. The number of rotatable bonds is 2. The summed E-state index contributed by atoms with van der Waals surface area (Å²) in [5, 5.41) is 13.6. The predicted molar refractivity (Wildman–Crippen MR) is 67.0 cm³/mol. The van der Waals surface area contributed by atoms with E-state index in [4.69, 9.17) is 9.84 Å². The summed E-state index contributed by atoms with van der Waals surface area (Å²) < 4.78 is 7.50. The number of aliphatic hydroxyl groups is 1. The van der Waals surface area contributed by atoms with Gasteiger partial charge >= 0.3 is 0 Å². The van der Waals surface area contributed by atoms with Gasteiger partial charge in [0, 0.05) is 38.9 Å². The Labute approximate surface area is 107 Å². The quantitative estimate of drug-likeness (QED) is 0.843. The van der Waals surface area contributed by atoms with E-state index in [1.807, 2.05) is 6.07 Å². The van der Waals surface area contributed by atoms with Crippen LogP contribution in [-0.4, -0.2) is 45.6 Å². The molecule has 0 spiro atoms. The van der Waals surface area contributed by atoms with Crippen molar-refractivity contribution in [1.82, 2.24) is 14.7 Å². The summed E-state index contributed by atoms with van der Waals surface area (Å²) in [7, 11) is 0. The minimum atomic E-state index is 0.0390. The van der Waals surface area contributed by atoms with Gasteiger partial charge in [0.1, 0.15) is 0 Å². The fraction of sp³-hybridized carbons (Fsp3) is 0.769. The average molecular weight is 251 g/mol. The summed E-state index contributed by atoms with van der Waals surface area (Å²) in [5.41, 5.74) is 2.03. The summed E-state index contributed by atoms with van der Waals surface area (Å²) >= 11 is 0. The Bertz CT molecular complexity index is 399. The molecule has 0 atom stereocenters. The topological polar surface area (TPSA) is 50.5 Å². The molecule has 0 aromatic carbocycles. The molecule has 1 aromatic heterocycles. The second-order valence-electron chi connectivity index (χ2n) is 5.18. The van der Waals surface area contributed by atoms with E-state index >= 15 is 0 Å². The molecule has 100 valence electrons. The fourth-order valence-electron chi connectivity index (χ4n) is 2.99. The van der Waals surface area contributed by atoms with Crippen LogP contribution in [0.1, 0.15) is 30.7 Å². The lowest BCUT2D eigenvalue weighted by Crippen LogP contribution is -2.39. The van der Waals surface area contributed by atoms with Crippen molar-refractivity contribution in [2.24, 2.45) is 0 Å². The second kappa shape index (κ2) is 5.38. The van der Waals surface area contributed by atoms with Crippen LogP contribution >= 0.6 is 0 Å². The monoisotopic (exact) mass is 251 g/mol. The highest BCUT2D eigenvalue weighted by Gasteiger charge is 2.24. The first kappa shape index (κ1) is 12.1. The molecular formula is C13H21N3O2. The number of aliphatic hydroxyl groups excluding tert-OH is 1. The molecule has 1 saturated heterocycles. The number of aromatic nitrogens is 2. The summed E-state index contributed by atoms with van der Waals surface area (Å²) in [6, 6.07) is 2.69. The fourth-order valence-corrected chi connectivity index (χ4v) is 2.99. The molecule has 0 aliphatic carbocycles. The Morgan fingerprint density at radius 1 is 1.33 bits per heavy atom. The van der Waals surface area contributed by atoms with Gasteiger partial charge in [0.2, 0.25) is 0 Å². The molecule has 18 heavy (non-hydrogen) atoms. The molecular weight excluding hydrogens is 230 g/mol. The molecule has 0 radical (unpaired) electrons. The summed E-state index contributed by atoms with van der Waals surface area (Å²) in [6.07, 6.45) is 3.42. The predicted octanol–water partition coefficient (Wildman–Crippen LogP) is 0.760. The van der Waals surface area contributed by atoms with Gasteiger partial charge in [-0.1, -0.05) is 0 Å². The van der Waals surface area contributed by atoms with Crippen molar-refractivity contribution in [3.05, 3.63) is 17.5 Å². The Hall–Kier alpha value is -0.910. The molecule has 5 heteroatoms. The molecule has 1 aromatic rings. The normalized spacial score (nSPS) is 22.7. The number of hydrogen-bond acceptors (Lipinski definition) is 4. The van der Waals surface area contributed by atoms with Gasteiger partial charge < -0.3 is 9.84 Å². The lowest BCUT2D eigenvalue weighted by Gasteiger charge is -2.33. The standard InChI is InChI=1S/C13H21N3O2/c17-10-11-8-13-9-15(4-1-5-16(13)14-11)12-2-6-18-7-3-12/h8,12,17H,1-7,9-10H2. The van der Waals surface area contributed by atoms with Crippen LogP contribution in [0.5, 0.6) is 0 Å². The van der Waals surface area contributed by atoms with E-state index in [0.29, 0.717) is 6.04 Å². The number of fused-ring (bicyclic) bond motifs is 1. The molecule has 3 rings (SSSR count). The van der Waals surface area contributed by atoms with Gasteiger partial charge in [-0.15, -0.1) is 0 Å². The first-order valence-electron chi connectivity index (χ1n) is 6.85. The van der Waals surface area contributed by atoms with Crippen molar-refractivity contribution < 1.29 is 9.84 Å². The van der Waals surface area contributed by atoms with E-state index < -0.39 is 0 Å².